The summed E-state index contributed by atoms with van der Waals surface area (Å²) in [6.07, 6.45) is 1.75. The first-order valence-electron chi connectivity index (χ1n) is 4.11. The van der Waals surface area contributed by atoms with E-state index in [0.717, 1.165) is 32.0 Å². The van der Waals surface area contributed by atoms with Gasteiger partial charge in [-0.3, -0.25) is 0 Å². The van der Waals surface area contributed by atoms with E-state index in [0.29, 0.717) is 5.92 Å². The Bertz CT molecular complexity index is 215. The van der Waals surface area contributed by atoms with Crippen LogP contribution in [0.5, 0.6) is 0 Å². The molecule has 0 saturated carbocycles. The minimum absolute atomic E-state index is 0.339. The standard InChI is InChI=1S/C7H12N4O/c1-2-12-5-6(3-8-1)7-4-9-11-10-7/h4,6,8H,1-3,5H2,(H,9,10,11). The topological polar surface area (TPSA) is 62.8 Å². The highest BCUT2D eigenvalue weighted by Crippen LogP contribution is 2.12. The largest absolute Gasteiger partial charge is 0.379 e. The van der Waals surface area contributed by atoms with Crippen LogP contribution in [-0.2, 0) is 4.74 Å². The fraction of sp³-hybridized carbons (Fsp3) is 0.714. The molecule has 1 aromatic rings. The Morgan fingerprint density at radius 2 is 2.58 bits per heavy atom. The lowest BCUT2D eigenvalue weighted by molar-refractivity contribution is 0.140. The summed E-state index contributed by atoms with van der Waals surface area (Å²) < 4.78 is 5.39. The molecule has 5 nitrogen and oxygen atoms in total. The van der Waals surface area contributed by atoms with Crippen molar-refractivity contribution < 1.29 is 4.74 Å². The number of aromatic nitrogens is 3. The van der Waals surface area contributed by atoms with Crippen LogP contribution < -0.4 is 5.32 Å². The molecule has 1 aliphatic heterocycles. The van der Waals surface area contributed by atoms with E-state index in [2.05, 4.69) is 20.7 Å². The lowest BCUT2D eigenvalue weighted by Crippen LogP contribution is -2.21. The molecule has 0 spiro atoms. The Morgan fingerprint density at radius 3 is 3.42 bits per heavy atom. The Hall–Kier alpha value is -0.940. The van der Waals surface area contributed by atoms with E-state index in [4.69, 9.17) is 4.74 Å². The minimum Gasteiger partial charge on any atom is -0.379 e. The minimum atomic E-state index is 0.339. The van der Waals surface area contributed by atoms with Crippen LogP contribution in [0.15, 0.2) is 6.20 Å². The van der Waals surface area contributed by atoms with E-state index in [1.165, 1.54) is 0 Å². The Kier molecular flexibility index (Phi) is 2.33. The molecule has 0 aliphatic carbocycles. The SMILES string of the molecule is c1n[nH]nc1C1CNCCOC1. The smallest absolute Gasteiger partial charge is 0.0891 e. The first kappa shape index (κ1) is 7.70. The molecule has 0 bridgehead atoms. The van der Waals surface area contributed by atoms with Gasteiger partial charge in [-0.05, 0) is 0 Å². The van der Waals surface area contributed by atoms with Crippen molar-refractivity contribution in [1.29, 1.82) is 0 Å². The summed E-state index contributed by atoms with van der Waals surface area (Å²) in [6.45, 7) is 3.37. The molecule has 2 heterocycles. The molecule has 1 saturated heterocycles. The highest BCUT2D eigenvalue weighted by atomic mass is 16.5. The molecule has 66 valence electrons. The lowest BCUT2D eigenvalue weighted by atomic mass is 10.1. The molecule has 1 unspecified atom stereocenters. The number of aromatic amines is 1. The van der Waals surface area contributed by atoms with Gasteiger partial charge in [-0.15, -0.1) is 0 Å². The predicted molar refractivity (Wildman–Crippen MR) is 42.8 cm³/mol. The molecule has 5 heteroatoms. The van der Waals surface area contributed by atoms with Gasteiger partial charge in [0.25, 0.3) is 0 Å². The normalized spacial score (nSPS) is 25.2. The molecule has 2 N–H and O–H groups in total. The van der Waals surface area contributed by atoms with Gasteiger partial charge in [-0.25, -0.2) is 0 Å². The van der Waals surface area contributed by atoms with E-state index in [1.54, 1.807) is 6.20 Å². The molecule has 1 fully saturated rings. The zero-order valence-corrected chi connectivity index (χ0v) is 6.79. The Labute approximate surface area is 70.5 Å². The highest BCUT2D eigenvalue weighted by molar-refractivity contribution is 5.02. The van der Waals surface area contributed by atoms with Gasteiger partial charge in [0.1, 0.15) is 0 Å². The van der Waals surface area contributed by atoms with Crippen LogP contribution in [0.25, 0.3) is 0 Å². The fourth-order valence-corrected chi connectivity index (χ4v) is 1.30. The fourth-order valence-electron chi connectivity index (χ4n) is 1.30. The van der Waals surface area contributed by atoms with Crippen LogP contribution in [-0.4, -0.2) is 41.7 Å². The van der Waals surface area contributed by atoms with Gasteiger partial charge in [0, 0.05) is 19.0 Å². The molecule has 0 amide bonds. The quantitative estimate of drug-likeness (QED) is 0.594. The molecule has 0 aromatic carbocycles. The second-order valence-corrected chi connectivity index (χ2v) is 2.87. The van der Waals surface area contributed by atoms with Crippen LogP contribution >= 0.6 is 0 Å². The van der Waals surface area contributed by atoms with Crippen LogP contribution in [0.4, 0.5) is 0 Å². The van der Waals surface area contributed by atoms with Crippen molar-refractivity contribution in [2.45, 2.75) is 5.92 Å². The third kappa shape index (κ3) is 1.62. The summed E-state index contributed by atoms with van der Waals surface area (Å²) in [7, 11) is 0. The van der Waals surface area contributed by atoms with Crippen molar-refractivity contribution in [2.75, 3.05) is 26.3 Å². The van der Waals surface area contributed by atoms with Crippen molar-refractivity contribution in [3.05, 3.63) is 11.9 Å². The van der Waals surface area contributed by atoms with E-state index in [9.17, 15) is 0 Å². The van der Waals surface area contributed by atoms with Crippen LogP contribution in [0, 0.1) is 0 Å². The first-order chi connectivity index (χ1) is 5.97. The second-order valence-electron chi connectivity index (χ2n) is 2.87. The maximum atomic E-state index is 5.39. The van der Waals surface area contributed by atoms with Gasteiger partial charge < -0.3 is 10.1 Å². The molecule has 1 aliphatic rings. The maximum Gasteiger partial charge on any atom is 0.0891 e. The van der Waals surface area contributed by atoms with Gasteiger partial charge in [-0.1, -0.05) is 0 Å². The zero-order chi connectivity index (χ0) is 8.23. The third-order valence-corrected chi connectivity index (χ3v) is 1.98. The molecular formula is C7H12N4O. The van der Waals surface area contributed by atoms with Gasteiger partial charge in [0.15, 0.2) is 0 Å². The summed E-state index contributed by atoms with van der Waals surface area (Å²) in [5.74, 6) is 0.339. The molecule has 12 heavy (non-hydrogen) atoms. The summed E-state index contributed by atoms with van der Waals surface area (Å²) in [6, 6.07) is 0. The van der Waals surface area contributed by atoms with Crippen molar-refractivity contribution in [3.8, 4) is 0 Å². The first-order valence-corrected chi connectivity index (χ1v) is 4.11. The second kappa shape index (κ2) is 3.64. The van der Waals surface area contributed by atoms with Crippen LogP contribution in [0.3, 0.4) is 0 Å². The number of H-pyrrole nitrogens is 1. The van der Waals surface area contributed by atoms with E-state index < -0.39 is 0 Å². The number of nitrogens with one attached hydrogen (secondary N) is 2. The maximum absolute atomic E-state index is 5.39. The Balaban J connectivity index is 2.02. The third-order valence-electron chi connectivity index (χ3n) is 1.98. The molecule has 0 radical (unpaired) electrons. The monoisotopic (exact) mass is 168 g/mol. The number of hydrogen-bond donors (Lipinski definition) is 2. The van der Waals surface area contributed by atoms with Gasteiger partial charge in [0.05, 0.1) is 25.1 Å². The summed E-state index contributed by atoms with van der Waals surface area (Å²) >= 11 is 0. The average Bonchev–Trinajstić information content (AvgIpc) is 2.48. The number of ether oxygens (including phenoxy) is 1. The molecule has 1 atom stereocenters. The number of hydrogen-bond acceptors (Lipinski definition) is 4. The van der Waals surface area contributed by atoms with Crippen molar-refractivity contribution in [3.63, 3.8) is 0 Å². The summed E-state index contributed by atoms with van der Waals surface area (Å²) in [5.41, 5.74) is 0.976. The zero-order valence-electron chi connectivity index (χ0n) is 6.79. The van der Waals surface area contributed by atoms with Crippen LogP contribution in [0.2, 0.25) is 0 Å². The molecular weight excluding hydrogens is 156 g/mol. The van der Waals surface area contributed by atoms with Crippen molar-refractivity contribution in [1.82, 2.24) is 20.7 Å². The van der Waals surface area contributed by atoms with E-state index in [1.807, 2.05) is 0 Å². The number of nitrogens with zero attached hydrogens (tertiary/aromatic N) is 2. The van der Waals surface area contributed by atoms with Crippen LogP contribution in [0.1, 0.15) is 11.6 Å². The van der Waals surface area contributed by atoms with Crippen molar-refractivity contribution in [2.24, 2.45) is 0 Å². The van der Waals surface area contributed by atoms with Gasteiger partial charge >= 0.3 is 0 Å². The Morgan fingerprint density at radius 1 is 1.58 bits per heavy atom. The molecule has 1 aromatic heterocycles. The highest BCUT2D eigenvalue weighted by Gasteiger charge is 2.16. The average molecular weight is 168 g/mol. The van der Waals surface area contributed by atoms with Gasteiger partial charge in [0.2, 0.25) is 0 Å². The van der Waals surface area contributed by atoms with Crippen molar-refractivity contribution >= 4 is 0 Å². The molecule has 2 rings (SSSR count). The summed E-state index contributed by atoms with van der Waals surface area (Å²) in [5, 5.41) is 13.7. The number of rotatable bonds is 1. The van der Waals surface area contributed by atoms with E-state index in [-0.39, 0.29) is 0 Å². The van der Waals surface area contributed by atoms with Gasteiger partial charge in [-0.2, -0.15) is 15.4 Å². The lowest BCUT2D eigenvalue weighted by Gasteiger charge is -2.08. The summed E-state index contributed by atoms with van der Waals surface area (Å²) in [4.78, 5) is 0. The predicted octanol–water partition coefficient (Wildman–Crippen LogP) is -0.492. The van der Waals surface area contributed by atoms with E-state index >= 15 is 0 Å².